The third-order valence-corrected chi connectivity index (χ3v) is 11.6. The minimum absolute atomic E-state index is 0.193. The van der Waals surface area contributed by atoms with Gasteiger partial charge in [0.25, 0.3) is 0 Å². The molecule has 0 saturated carbocycles. The second-order valence-electron chi connectivity index (χ2n) is 16.7. The summed E-state index contributed by atoms with van der Waals surface area (Å²) in [6.45, 7) is 8.86. The quantitative estimate of drug-likeness (QED) is 0.0615. The van der Waals surface area contributed by atoms with Crippen molar-refractivity contribution in [3.05, 3.63) is 95.1 Å². The molecule has 0 N–H and O–H groups in total. The number of ether oxygens (including phenoxy) is 6. The van der Waals surface area contributed by atoms with Crippen LogP contribution in [0.3, 0.4) is 0 Å². The first-order valence-electron chi connectivity index (χ1n) is 24.1. The second kappa shape index (κ2) is 26.5. The van der Waals surface area contributed by atoms with Gasteiger partial charge in [0, 0.05) is 84.0 Å². The van der Waals surface area contributed by atoms with Crippen LogP contribution in [0.15, 0.2) is 72.8 Å². The Kier molecular flexibility index (Phi) is 19.6. The van der Waals surface area contributed by atoms with Crippen LogP contribution in [0.1, 0.15) is 190 Å². The van der Waals surface area contributed by atoms with Gasteiger partial charge < -0.3 is 28.4 Å². The average Bonchev–Trinajstić information content (AvgIpc) is 3.31. The lowest BCUT2D eigenvalue weighted by Crippen LogP contribution is -2.22. The predicted molar refractivity (Wildman–Crippen MR) is 258 cm³/mol. The molecule has 4 aromatic rings. The van der Waals surface area contributed by atoms with E-state index in [9.17, 15) is 0 Å². The van der Waals surface area contributed by atoms with E-state index in [-0.39, 0.29) is 11.8 Å². The zero-order valence-corrected chi connectivity index (χ0v) is 38.7. The second-order valence-corrected chi connectivity index (χ2v) is 16.7. The van der Waals surface area contributed by atoms with Gasteiger partial charge in [0.05, 0.1) is 0 Å². The fourth-order valence-corrected chi connectivity index (χ4v) is 8.13. The maximum absolute atomic E-state index is 6.75. The molecule has 0 atom stereocenters. The zero-order valence-electron chi connectivity index (χ0n) is 38.7. The minimum Gasteiger partial charge on any atom is -0.456 e. The van der Waals surface area contributed by atoms with Gasteiger partial charge >= 0.3 is 0 Å². The number of hydrogen-bond donors (Lipinski definition) is 0. The summed E-state index contributed by atoms with van der Waals surface area (Å²) in [5.41, 5.74) is 4.06. The van der Waals surface area contributed by atoms with E-state index in [0.717, 1.165) is 73.6 Å². The molecule has 0 spiro atoms. The summed E-state index contributed by atoms with van der Waals surface area (Å²) >= 11 is 0. The number of benzene rings is 4. The maximum Gasteiger partial charge on any atom is 0.143 e. The van der Waals surface area contributed by atoms with E-state index in [1.54, 1.807) is 0 Å². The highest BCUT2D eigenvalue weighted by molar-refractivity contribution is 5.65. The Bertz CT molecular complexity index is 2040. The summed E-state index contributed by atoms with van der Waals surface area (Å²) in [6.07, 6.45) is 33.6. The first kappa shape index (κ1) is 47.4. The van der Waals surface area contributed by atoms with Crippen molar-refractivity contribution in [1.82, 2.24) is 0 Å². The molecule has 2 aliphatic rings. The Morgan fingerprint density at radius 2 is 0.594 bits per heavy atom. The molecule has 0 unspecified atom stereocenters. The molecule has 0 radical (unpaired) electrons. The molecule has 0 amide bonds. The van der Waals surface area contributed by atoms with Crippen molar-refractivity contribution < 1.29 is 28.4 Å². The van der Waals surface area contributed by atoms with Crippen LogP contribution in [0.25, 0.3) is 0 Å². The van der Waals surface area contributed by atoms with Crippen LogP contribution in [0, 0.1) is 48.1 Å². The molecular weight excluding hydrogens is 793 g/mol. The highest BCUT2D eigenvalue weighted by atomic mass is 16.5. The Morgan fingerprint density at radius 3 is 0.828 bits per heavy atom. The zero-order chi connectivity index (χ0) is 44.6. The van der Waals surface area contributed by atoms with Crippen LogP contribution in [-0.4, -0.2) is 0 Å². The third kappa shape index (κ3) is 14.0. The van der Waals surface area contributed by atoms with E-state index < -0.39 is 0 Å². The average molecular weight is 859 g/mol. The summed E-state index contributed by atoms with van der Waals surface area (Å²) in [5.74, 6) is 17.6. The predicted octanol–water partition coefficient (Wildman–Crippen LogP) is 16.1. The van der Waals surface area contributed by atoms with Gasteiger partial charge in [-0.2, -0.15) is 0 Å². The van der Waals surface area contributed by atoms with Gasteiger partial charge in [-0.15, -0.1) is 0 Å². The Labute approximate surface area is 384 Å². The van der Waals surface area contributed by atoms with Crippen LogP contribution in [-0.2, 0) is 0 Å². The molecule has 6 heteroatoms. The molecule has 64 heavy (non-hydrogen) atoms. The summed E-state index contributed by atoms with van der Waals surface area (Å²) in [4.78, 5) is 0. The first-order chi connectivity index (χ1) is 31.6. The van der Waals surface area contributed by atoms with Crippen molar-refractivity contribution in [2.24, 2.45) is 0 Å². The molecule has 0 saturated heterocycles. The van der Waals surface area contributed by atoms with E-state index in [1.807, 2.05) is 48.5 Å². The van der Waals surface area contributed by atoms with Crippen LogP contribution < -0.4 is 28.4 Å². The summed E-state index contributed by atoms with van der Waals surface area (Å²) in [6, 6.07) is 24.1. The maximum atomic E-state index is 6.75. The highest BCUT2D eigenvalue weighted by Gasteiger charge is 2.40. The van der Waals surface area contributed by atoms with E-state index in [1.165, 1.54) is 77.0 Å². The van der Waals surface area contributed by atoms with Crippen LogP contribution in [0.4, 0.5) is 0 Å². The summed E-state index contributed by atoms with van der Waals surface area (Å²) in [7, 11) is 0. The van der Waals surface area contributed by atoms with E-state index in [2.05, 4.69) is 100 Å². The number of rotatable bonds is 21. The molecule has 2 aliphatic heterocycles. The topological polar surface area (TPSA) is 55.4 Å². The van der Waals surface area contributed by atoms with Crippen molar-refractivity contribution >= 4 is 0 Å². The van der Waals surface area contributed by atoms with Gasteiger partial charge in [0.15, 0.2) is 0 Å². The van der Waals surface area contributed by atoms with Crippen molar-refractivity contribution in [1.29, 1.82) is 0 Å². The molecule has 2 heterocycles. The Balaban J connectivity index is 1.36. The lowest BCUT2D eigenvalue weighted by atomic mass is 9.71. The molecule has 0 bridgehead atoms. The molecular formula is C58H66O6. The highest BCUT2D eigenvalue weighted by Crippen LogP contribution is 2.58. The molecule has 334 valence electrons. The number of hydrogen-bond acceptors (Lipinski definition) is 6. The van der Waals surface area contributed by atoms with Crippen LogP contribution in [0.5, 0.6) is 46.0 Å². The third-order valence-electron chi connectivity index (χ3n) is 11.6. The fraction of sp³-hybridized carbons (Fsp3) is 0.448. The molecule has 6 rings (SSSR count). The first-order valence-corrected chi connectivity index (χ1v) is 24.1. The molecule has 0 aromatic heterocycles. The largest absolute Gasteiger partial charge is 0.456 e. The lowest BCUT2D eigenvalue weighted by Gasteiger charge is -2.38. The van der Waals surface area contributed by atoms with Crippen LogP contribution in [0.2, 0.25) is 0 Å². The SMILES string of the molecule is CCCCCCC#COc1ccc2c(c1)Oc1cc(OC#CCCCCCC)ccc1C2C1c2ccc(OC#CCCCCCC)cc2Oc2cc(OC#CCCCCCC)ccc21. The van der Waals surface area contributed by atoms with Crippen molar-refractivity contribution in [3.8, 4) is 94.1 Å². The molecule has 0 fully saturated rings. The van der Waals surface area contributed by atoms with Gasteiger partial charge in [-0.25, -0.2) is 0 Å². The van der Waals surface area contributed by atoms with Crippen molar-refractivity contribution in [3.63, 3.8) is 0 Å². The van der Waals surface area contributed by atoms with Gasteiger partial charge in [0.2, 0.25) is 0 Å². The van der Waals surface area contributed by atoms with E-state index >= 15 is 0 Å². The smallest absolute Gasteiger partial charge is 0.143 e. The molecule has 0 aliphatic carbocycles. The van der Waals surface area contributed by atoms with Gasteiger partial charge in [-0.05, 0) is 49.9 Å². The van der Waals surface area contributed by atoms with E-state index in [0.29, 0.717) is 46.0 Å². The normalized spacial score (nSPS) is 12.0. The number of unbranched alkanes of at least 4 members (excludes halogenated alkanes) is 16. The summed E-state index contributed by atoms with van der Waals surface area (Å²) < 4.78 is 37.4. The van der Waals surface area contributed by atoms with Gasteiger partial charge in [-0.3, -0.25) is 0 Å². The molecule has 4 aromatic carbocycles. The Morgan fingerprint density at radius 1 is 0.344 bits per heavy atom. The fourth-order valence-electron chi connectivity index (χ4n) is 8.13. The lowest BCUT2D eigenvalue weighted by molar-refractivity contribution is 0.404. The van der Waals surface area contributed by atoms with Gasteiger partial charge in [-0.1, -0.05) is 153 Å². The summed E-state index contributed by atoms with van der Waals surface area (Å²) in [5, 5.41) is 0. The van der Waals surface area contributed by atoms with Crippen molar-refractivity contribution in [2.45, 2.75) is 168 Å². The van der Waals surface area contributed by atoms with E-state index in [4.69, 9.17) is 28.4 Å². The standard InChI is InChI=1S/C58H66O6/c1-5-9-13-17-21-25-37-59-45-29-33-49-53(41-45)63-54-42-46(60-38-26-22-18-14-10-6-2)30-34-50(54)57(49)58-51-35-31-47(61-39-27-23-19-15-11-7-3)43-55(51)64-56-44-48(32-36-52(56)58)62-40-28-24-20-16-12-8-4/h29-36,41-44,57-58H,5-24H2,1-4H3. The van der Waals surface area contributed by atoms with Crippen molar-refractivity contribution in [2.75, 3.05) is 0 Å². The minimum atomic E-state index is -0.193. The van der Waals surface area contributed by atoms with Gasteiger partial charge in [0.1, 0.15) is 70.4 Å². The van der Waals surface area contributed by atoms with Crippen LogP contribution >= 0.6 is 0 Å². The Hall–Kier alpha value is -6.08. The molecule has 6 nitrogen and oxygen atoms in total. The number of fused-ring (bicyclic) bond motifs is 4. The monoisotopic (exact) mass is 858 g/mol.